The number of rotatable bonds is 8. The molecular weight excluding hydrogens is 467 g/mol. The van der Waals surface area contributed by atoms with E-state index < -0.39 is 0 Å². The summed E-state index contributed by atoms with van der Waals surface area (Å²) in [7, 11) is 0. The minimum atomic E-state index is -0.359. The molecule has 3 atom stereocenters. The van der Waals surface area contributed by atoms with Gasteiger partial charge in [0.05, 0.1) is 17.8 Å². The highest BCUT2D eigenvalue weighted by molar-refractivity contribution is 7.99. The third-order valence-corrected chi connectivity index (χ3v) is 6.58. The van der Waals surface area contributed by atoms with Crippen molar-refractivity contribution < 1.29 is 14.3 Å². The average Bonchev–Trinajstić information content (AvgIpc) is 2.68. The van der Waals surface area contributed by atoms with Gasteiger partial charge in [-0.1, -0.05) is 40.9 Å². The quantitative estimate of drug-likeness (QED) is 0.565. The molecule has 2 aromatic carbocycles. The van der Waals surface area contributed by atoms with E-state index in [2.05, 4.69) is 10.6 Å². The molecule has 0 heterocycles. The number of benzene rings is 2. The van der Waals surface area contributed by atoms with Crippen molar-refractivity contribution in [2.45, 2.75) is 37.3 Å². The molecule has 0 spiro atoms. The lowest BCUT2D eigenvalue weighted by molar-refractivity contribution is -0.124. The fraction of sp³-hybridized carbons (Fsp3) is 0.333. The Bertz CT molecular complexity index is 891. The molecule has 1 aliphatic carbocycles. The molecule has 0 aromatic heterocycles. The average molecular weight is 488 g/mol. The van der Waals surface area contributed by atoms with Gasteiger partial charge in [0, 0.05) is 27.7 Å². The molecule has 0 aliphatic heterocycles. The maximum atomic E-state index is 12.4. The number of ether oxygens (including phenoxy) is 1. The lowest BCUT2D eigenvalue weighted by Gasteiger charge is -2.44. The van der Waals surface area contributed by atoms with Crippen LogP contribution in [-0.4, -0.2) is 35.8 Å². The summed E-state index contributed by atoms with van der Waals surface area (Å²) in [6.45, 7) is 1.46. The summed E-state index contributed by atoms with van der Waals surface area (Å²) in [6, 6.07) is 11.9. The van der Waals surface area contributed by atoms with Crippen molar-refractivity contribution in [1.82, 2.24) is 10.6 Å². The monoisotopic (exact) mass is 486 g/mol. The SMILES string of the molecule is CC(=O)NC1CC(NC(=O)CSCc2c(Cl)cccc2Cl)C1Oc1ccc(Cl)cc1. The molecule has 2 N–H and O–H groups in total. The Morgan fingerprint density at radius 2 is 1.67 bits per heavy atom. The second-order valence-electron chi connectivity index (χ2n) is 6.95. The summed E-state index contributed by atoms with van der Waals surface area (Å²) in [5.74, 6) is 1.18. The number of halogens is 3. The van der Waals surface area contributed by atoms with Gasteiger partial charge >= 0.3 is 0 Å². The second kappa shape index (κ2) is 10.6. The number of amides is 2. The third kappa shape index (κ3) is 6.20. The highest BCUT2D eigenvalue weighted by Crippen LogP contribution is 2.29. The summed E-state index contributed by atoms with van der Waals surface area (Å²) in [4.78, 5) is 23.9. The van der Waals surface area contributed by atoms with E-state index in [1.165, 1.54) is 18.7 Å². The number of hydrogen-bond donors (Lipinski definition) is 2. The van der Waals surface area contributed by atoms with Crippen molar-refractivity contribution in [3.8, 4) is 5.75 Å². The fourth-order valence-corrected chi connectivity index (χ4v) is 4.87. The van der Waals surface area contributed by atoms with Crippen LogP contribution in [0.3, 0.4) is 0 Å². The molecule has 3 rings (SSSR count). The van der Waals surface area contributed by atoms with Crippen molar-refractivity contribution in [2.75, 3.05) is 5.75 Å². The smallest absolute Gasteiger partial charge is 0.230 e. The lowest BCUT2D eigenvalue weighted by atomic mass is 9.82. The van der Waals surface area contributed by atoms with Gasteiger partial charge < -0.3 is 15.4 Å². The van der Waals surface area contributed by atoms with Crippen LogP contribution in [0.4, 0.5) is 0 Å². The van der Waals surface area contributed by atoms with E-state index >= 15 is 0 Å². The zero-order valence-electron chi connectivity index (χ0n) is 16.2. The Balaban J connectivity index is 1.53. The predicted octanol–water partition coefficient (Wildman–Crippen LogP) is 4.72. The first-order chi connectivity index (χ1) is 14.3. The van der Waals surface area contributed by atoms with E-state index in [0.717, 1.165) is 5.56 Å². The van der Waals surface area contributed by atoms with Gasteiger partial charge in [0.25, 0.3) is 0 Å². The highest BCUT2D eigenvalue weighted by atomic mass is 35.5. The molecule has 1 saturated carbocycles. The van der Waals surface area contributed by atoms with E-state index in [1.807, 2.05) is 0 Å². The maximum absolute atomic E-state index is 12.4. The highest BCUT2D eigenvalue weighted by Gasteiger charge is 2.44. The standard InChI is InChI=1S/C21H21Cl3N2O3S/c1-12(27)25-18-9-19(21(18)29-14-7-5-13(22)6-8-14)26-20(28)11-30-10-15-16(23)3-2-4-17(15)24/h2-8,18-19,21H,9-11H2,1H3,(H,25,27)(H,26,28). The first kappa shape index (κ1) is 23.1. The first-order valence-electron chi connectivity index (χ1n) is 9.33. The number of thioether (sulfide) groups is 1. The topological polar surface area (TPSA) is 67.4 Å². The Morgan fingerprint density at radius 3 is 2.30 bits per heavy atom. The molecule has 0 bridgehead atoms. The van der Waals surface area contributed by atoms with Crippen molar-refractivity contribution in [3.05, 3.63) is 63.1 Å². The van der Waals surface area contributed by atoms with Crippen molar-refractivity contribution >= 4 is 58.4 Å². The van der Waals surface area contributed by atoms with Crippen LogP contribution >= 0.6 is 46.6 Å². The number of nitrogens with one attached hydrogen (secondary N) is 2. The summed E-state index contributed by atoms with van der Waals surface area (Å²) < 4.78 is 6.01. The maximum Gasteiger partial charge on any atom is 0.230 e. The van der Waals surface area contributed by atoms with E-state index in [1.54, 1.807) is 42.5 Å². The molecule has 1 fully saturated rings. The van der Waals surface area contributed by atoms with Gasteiger partial charge in [0.2, 0.25) is 11.8 Å². The lowest BCUT2D eigenvalue weighted by Crippen LogP contribution is -2.67. The minimum Gasteiger partial charge on any atom is -0.486 e. The minimum absolute atomic E-state index is 0.112. The van der Waals surface area contributed by atoms with Crippen LogP contribution in [0.5, 0.6) is 5.75 Å². The third-order valence-electron chi connectivity index (χ3n) is 4.66. The number of hydrogen-bond acceptors (Lipinski definition) is 4. The second-order valence-corrected chi connectivity index (χ2v) is 9.18. The van der Waals surface area contributed by atoms with E-state index in [9.17, 15) is 9.59 Å². The molecule has 160 valence electrons. The van der Waals surface area contributed by atoms with E-state index in [4.69, 9.17) is 39.5 Å². The Morgan fingerprint density at radius 1 is 1.03 bits per heavy atom. The normalized spacial score (nSPS) is 20.2. The van der Waals surface area contributed by atoms with Gasteiger partial charge in [-0.15, -0.1) is 11.8 Å². The molecule has 2 amide bonds. The molecule has 0 radical (unpaired) electrons. The van der Waals surface area contributed by atoms with Crippen LogP contribution in [-0.2, 0) is 15.3 Å². The molecule has 1 aliphatic rings. The van der Waals surface area contributed by atoms with Crippen molar-refractivity contribution in [3.63, 3.8) is 0 Å². The first-order valence-corrected chi connectivity index (χ1v) is 11.6. The Kier molecular flexibility index (Phi) is 8.17. The summed E-state index contributed by atoms with van der Waals surface area (Å²) in [5.41, 5.74) is 0.817. The fourth-order valence-electron chi connectivity index (χ4n) is 3.17. The zero-order valence-corrected chi connectivity index (χ0v) is 19.2. The van der Waals surface area contributed by atoms with Gasteiger partial charge in [0.15, 0.2) is 0 Å². The molecule has 5 nitrogen and oxygen atoms in total. The van der Waals surface area contributed by atoms with Gasteiger partial charge in [-0.3, -0.25) is 9.59 Å². The molecule has 30 heavy (non-hydrogen) atoms. The van der Waals surface area contributed by atoms with E-state index in [-0.39, 0.29) is 35.8 Å². The molecule has 2 aromatic rings. The van der Waals surface area contributed by atoms with Crippen LogP contribution in [0.15, 0.2) is 42.5 Å². The van der Waals surface area contributed by atoms with Gasteiger partial charge in [0.1, 0.15) is 11.9 Å². The van der Waals surface area contributed by atoms with E-state index in [0.29, 0.717) is 33.0 Å². The van der Waals surface area contributed by atoms with Crippen LogP contribution in [0.25, 0.3) is 0 Å². The molecular formula is C21H21Cl3N2O3S. The summed E-state index contributed by atoms with van der Waals surface area (Å²) >= 11 is 19.7. The van der Waals surface area contributed by atoms with Crippen LogP contribution < -0.4 is 15.4 Å². The number of carbonyl (C=O) groups is 2. The molecule has 3 unspecified atom stereocenters. The summed E-state index contributed by atoms with van der Waals surface area (Å²) in [6.07, 6.45) is 0.243. The van der Waals surface area contributed by atoms with Crippen molar-refractivity contribution in [1.29, 1.82) is 0 Å². The molecule has 0 saturated heterocycles. The van der Waals surface area contributed by atoms with Crippen molar-refractivity contribution in [2.24, 2.45) is 0 Å². The predicted molar refractivity (Wildman–Crippen MR) is 123 cm³/mol. The largest absolute Gasteiger partial charge is 0.486 e. The summed E-state index contributed by atoms with van der Waals surface area (Å²) in [5, 5.41) is 7.63. The van der Waals surface area contributed by atoms with Gasteiger partial charge in [-0.25, -0.2) is 0 Å². The molecule has 9 heteroatoms. The van der Waals surface area contributed by atoms with Crippen LogP contribution in [0.1, 0.15) is 18.9 Å². The Labute approximate surface area is 194 Å². The number of carbonyl (C=O) groups excluding carboxylic acids is 2. The van der Waals surface area contributed by atoms with Gasteiger partial charge in [-0.2, -0.15) is 0 Å². The van der Waals surface area contributed by atoms with Crippen LogP contribution in [0, 0.1) is 0 Å². The van der Waals surface area contributed by atoms with Crippen LogP contribution in [0.2, 0.25) is 15.1 Å². The van der Waals surface area contributed by atoms with Gasteiger partial charge in [-0.05, 0) is 48.4 Å². The zero-order chi connectivity index (χ0) is 21.7. The Hall–Kier alpha value is -1.60.